The maximum absolute atomic E-state index is 13.4. The van der Waals surface area contributed by atoms with Gasteiger partial charge in [0.15, 0.2) is 5.65 Å². The number of hydrogen-bond donors (Lipinski definition) is 1. The summed E-state index contributed by atoms with van der Waals surface area (Å²) in [6, 6.07) is 1.78. The van der Waals surface area contributed by atoms with Gasteiger partial charge in [-0.3, -0.25) is 14.5 Å². The lowest BCUT2D eigenvalue weighted by atomic mass is 9.77. The van der Waals surface area contributed by atoms with Crippen LogP contribution in [-0.2, 0) is 7.05 Å². The minimum absolute atomic E-state index is 0.121. The number of H-pyrrole nitrogens is 1. The van der Waals surface area contributed by atoms with Crippen molar-refractivity contribution in [3.63, 3.8) is 0 Å². The van der Waals surface area contributed by atoms with Crippen molar-refractivity contribution >= 4 is 34.4 Å². The molecule has 0 atom stereocenters. The Morgan fingerprint density at radius 1 is 1.16 bits per heavy atom. The largest absolute Gasteiger partial charge is 0.361 e. The third-order valence-corrected chi connectivity index (χ3v) is 7.47. The Morgan fingerprint density at radius 2 is 1.87 bits per heavy atom. The van der Waals surface area contributed by atoms with Crippen LogP contribution in [-0.4, -0.2) is 51.9 Å². The number of piperidine rings is 1. The Hall–Kier alpha value is -2.61. The van der Waals surface area contributed by atoms with Gasteiger partial charge < -0.3 is 9.80 Å². The van der Waals surface area contributed by atoms with Crippen LogP contribution in [0.5, 0.6) is 0 Å². The molecule has 3 aromatic rings. The fraction of sp³-hybridized carbons (Fsp3) is 0.545. The molecule has 1 saturated carbocycles. The summed E-state index contributed by atoms with van der Waals surface area (Å²) < 4.78 is 1.65. The molecule has 4 heterocycles. The number of aromatic amines is 1. The summed E-state index contributed by atoms with van der Waals surface area (Å²) in [5.74, 6) is 1.33. The number of halogens is 1. The Morgan fingerprint density at radius 3 is 2.55 bits per heavy atom. The summed E-state index contributed by atoms with van der Waals surface area (Å²) >= 11 is 6.60. The quantitative estimate of drug-likeness (QED) is 0.668. The predicted octanol–water partition coefficient (Wildman–Crippen LogP) is 3.60. The van der Waals surface area contributed by atoms with Crippen molar-refractivity contribution in [2.45, 2.75) is 38.5 Å². The molecule has 31 heavy (non-hydrogen) atoms. The van der Waals surface area contributed by atoms with Gasteiger partial charge >= 0.3 is 0 Å². The molecule has 8 nitrogen and oxygen atoms in total. The Balaban J connectivity index is 1.54. The van der Waals surface area contributed by atoms with Crippen LogP contribution in [0.1, 0.15) is 38.5 Å². The van der Waals surface area contributed by atoms with Gasteiger partial charge in [0.1, 0.15) is 16.9 Å². The Labute approximate surface area is 186 Å². The molecule has 1 aliphatic heterocycles. The highest BCUT2D eigenvalue weighted by Gasteiger charge is 2.37. The van der Waals surface area contributed by atoms with E-state index < -0.39 is 0 Å². The van der Waals surface area contributed by atoms with Gasteiger partial charge in [-0.2, -0.15) is 10.1 Å². The first kappa shape index (κ1) is 20.3. The molecule has 0 unspecified atom stereocenters. The van der Waals surface area contributed by atoms with Gasteiger partial charge in [0.05, 0.1) is 5.02 Å². The van der Waals surface area contributed by atoms with Gasteiger partial charge in [-0.15, -0.1) is 0 Å². The fourth-order valence-corrected chi connectivity index (χ4v) is 5.63. The molecule has 0 aromatic carbocycles. The number of fused-ring (bicyclic) bond motifs is 1. The zero-order valence-electron chi connectivity index (χ0n) is 18.3. The summed E-state index contributed by atoms with van der Waals surface area (Å²) in [5, 5.41) is 8.30. The summed E-state index contributed by atoms with van der Waals surface area (Å²) in [4.78, 5) is 26.6. The molecule has 5 rings (SSSR count). The van der Waals surface area contributed by atoms with Crippen LogP contribution in [0.4, 0.5) is 11.8 Å². The predicted molar refractivity (Wildman–Crippen MR) is 124 cm³/mol. The van der Waals surface area contributed by atoms with E-state index in [1.807, 2.05) is 19.0 Å². The van der Waals surface area contributed by atoms with Crippen LogP contribution in [0.3, 0.4) is 0 Å². The van der Waals surface area contributed by atoms with E-state index in [-0.39, 0.29) is 5.56 Å². The molecule has 164 valence electrons. The smallest absolute Gasteiger partial charge is 0.266 e. The highest BCUT2D eigenvalue weighted by Crippen LogP contribution is 2.46. The molecule has 1 spiro atoms. The van der Waals surface area contributed by atoms with E-state index in [0.717, 1.165) is 13.1 Å². The molecule has 1 aliphatic carbocycles. The molecule has 2 aliphatic rings. The van der Waals surface area contributed by atoms with Crippen molar-refractivity contribution in [2.75, 3.05) is 37.0 Å². The van der Waals surface area contributed by atoms with E-state index in [9.17, 15) is 4.79 Å². The molecule has 1 saturated heterocycles. The average Bonchev–Trinajstić information content (AvgIpc) is 3.39. The van der Waals surface area contributed by atoms with Crippen molar-refractivity contribution in [3.05, 3.63) is 27.6 Å². The third kappa shape index (κ3) is 3.28. The highest BCUT2D eigenvalue weighted by molar-refractivity contribution is 6.36. The number of nitrogens with zero attached hydrogens (tertiary/aromatic N) is 6. The SMILES string of the molecule is CN(C)c1nccc(-c2n[nH]c3nc(N4CCC5(CCCC5)CC4)n(C)c(=O)c23)c1Cl. The van der Waals surface area contributed by atoms with Gasteiger partial charge in [-0.05, 0) is 37.2 Å². The van der Waals surface area contributed by atoms with Crippen molar-refractivity contribution in [2.24, 2.45) is 12.5 Å². The van der Waals surface area contributed by atoms with E-state index in [1.165, 1.54) is 38.5 Å². The summed E-state index contributed by atoms with van der Waals surface area (Å²) in [6.45, 7) is 1.88. The number of anilines is 2. The molecule has 9 heteroatoms. The molecule has 0 radical (unpaired) electrons. The molecular formula is C22H28ClN7O. The fourth-order valence-electron chi connectivity index (χ4n) is 5.26. The maximum Gasteiger partial charge on any atom is 0.266 e. The van der Waals surface area contributed by atoms with Gasteiger partial charge in [0.25, 0.3) is 5.56 Å². The topological polar surface area (TPSA) is 82.9 Å². The zero-order chi connectivity index (χ0) is 21.8. The Kier molecular flexibility index (Phi) is 4.92. The van der Waals surface area contributed by atoms with Crippen LogP contribution in [0.2, 0.25) is 5.02 Å². The van der Waals surface area contributed by atoms with Crippen molar-refractivity contribution in [1.29, 1.82) is 0 Å². The number of aromatic nitrogens is 5. The minimum atomic E-state index is -0.121. The summed E-state index contributed by atoms with van der Waals surface area (Å²) in [6.07, 6.45) is 9.43. The highest BCUT2D eigenvalue weighted by atomic mass is 35.5. The number of pyridine rings is 1. The minimum Gasteiger partial charge on any atom is -0.361 e. The monoisotopic (exact) mass is 441 g/mol. The maximum atomic E-state index is 13.4. The van der Waals surface area contributed by atoms with Crippen molar-refractivity contribution in [1.82, 2.24) is 24.7 Å². The van der Waals surface area contributed by atoms with E-state index in [2.05, 4.69) is 20.1 Å². The lowest BCUT2D eigenvalue weighted by Crippen LogP contribution is -2.41. The van der Waals surface area contributed by atoms with Gasteiger partial charge in [0.2, 0.25) is 5.95 Å². The van der Waals surface area contributed by atoms with E-state index in [4.69, 9.17) is 16.6 Å². The number of hydrogen-bond acceptors (Lipinski definition) is 6. The van der Waals surface area contributed by atoms with Crippen LogP contribution < -0.4 is 15.4 Å². The normalized spacial score (nSPS) is 18.3. The average molecular weight is 442 g/mol. The first-order valence-electron chi connectivity index (χ1n) is 10.9. The van der Waals surface area contributed by atoms with Crippen LogP contribution in [0.15, 0.2) is 17.1 Å². The van der Waals surface area contributed by atoms with Crippen molar-refractivity contribution in [3.8, 4) is 11.3 Å². The Bertz CT molecular complexity index is 1180. The first-order chi connectivity index (χ1) is 14.9. The lowest BCUT2D eigenvalue weighted by molar-refractivity contribution is 0.225. The van der Waals surface area contributed by atoms with Crippen LogP contribution in [0, 0.1) is 5.41 Å². The third-order valence-electron chi connectivity index (χ3n) is 7.10. The first-order valence-corrected chi connectivity index (χ1v) is 11.3. The second kappa shape index (κ2) is 7.51. The number of nitrogens with one attached hydrogen (secondary N) is 1. The van der Waals surface area contributed by atoms with E-state index in [0.29, 0.717) is 44.5 Å². The summed E-state index contributed by atoms with van der Waals surface area (Å²) in [5.41, 5.74) is 2.06. The van der Waals surface area contributed by atoms with Crippen molar-refractivity contribution < 1.29 is 0 Å². The molecule has 1 N–H and O–H groups in total. The zero-order valence-corrected chi connectivity index (χ0v) is 19.0. The standard InChI is InChI=1S/C22H28ClN7O/c1-28(2)19-16(23)14(6-11-24-19)17-15-18(27-26-17)25-21(29(3)20(15)31)30-12-9-22(10-13-30)7-4-5-8-22/h6,11H,4-5,7-10,12-13H2,1-3H3,(H,26,27). The lowest BCUT2D eigenvalue weighted by Gasteiger charge is -2.40. The second-order valence-corrected chi connectivity index (χ2v) is 9.53. The molecule has 0 bridgehead atoms. The van der Waals surface area contributed by atoms with E-state index >= 15 is 0 Å². The van der Waals surface area contributed by atoms with Gasteiger partial charge in [-0.1, -0.05) is 24.4 Å². The molecule has 0 amide bonds. The van der Waals surface area contributed by atoms with Crippen LogP contribution in [0.25, 0.3) is 22.3 Å². The molecule has 3 aromatic heterocycles. The number of rotatable bonds is 3. The van der Waals surface area contributed by atoms with Gasteiger partial charge in [0, 0.05) is 46.0 Å². The van der Waals surface area contributed by atoms with Crippen LogP contribution >= 0.6 is 11.6 Å². The van der Waals surface area contributed by atoms with E-state index in [1.54, 1.807) is 23.9 Å². The molecule has 2 fully saturated rings. The second-order valence-electron chi connectivity index (χ2n) is 9.16. The molecular weight excluding hydrogens is 414 g/mol. The van der Waals surface area contributed by atoms with Gasteiger partial charge in [-0.25, -0.2) is 4.98 Å². The summed E-state index contributed by atoms with van der Waals surface area (Å²) in [7, 11) is 5.55.